The van der Waals surface area contributed by atoms with Crippen LogP contribution in [0, 0.1) is 0 Å². The van der Waals surface area contributed by atoms with Gasteiger partial charge in [-0.25, -0.2) is 4.79 Å². The molecule has 0 radical (unpaired) electrons. The molecule has 0 spiro atoms. The predicted octanol–water partition coefficient (Wildman–Crippen LogP) is 0.120. The number of hydrogen-bond acceptors (Lipinski definition) is 10. The first-order valence-corrected chi connectivity index (χ1v) is 11.8. The Morgan fingerprint density at radius 1 is 0.559 bits per heavy atom. The molecule has 0 atom stereocenters. The molecule has 0 aromatic heterocycles. The molecule has 202 valence electrons. The highest BCUT2D eigenvalue weighted by atomic mass is 16.6. The summed E-state index contributed by atoms with van der Waals surface area (Å²) in [6.07, 6.45) is 2.22. The molecule has 12 heteroatoms. The number of carbonyl (C=O) groups is 2. The molecule has 0 aromatic rings. The lowest BCUT2D eigenvalue weighted by Gasteiger charge is -2.09. The van der Waals surface area contributed by atoms with Gasteiger partial charge in [-0.15, -0.1) is 0 Å². The Bertz CT molecular complexity index is 455. The summed E-state index contributed by atoms with van der Waals surface area (Å²) in [4.78, 5) is 21.5. The molecule has 0 aliphatic carbocycles. The molecular weight excluding hydrogens is 454 g/mol. The minimum atomic E-state index is -1.12. The molecule has 0 unspecified atom stereocenters. The van der Waals surface area contributed by atoms with Crippen molar-refractivity contribution in [3.05, 3.63) is 0 Å². The summed E-state index contributed by atoms with van der Waals surface area (Å²) in [6, 6.07) is 0. The van der Waals surface area contributed by atoms with Crippen LogP contribution >= 0.6 is 0 Å². The number of hydrogen-bond donors (Lipinski definition) is 2. The van der Waals surface area contributed by atoms with E-state index >= 15 is 0 Å². The number of rotatable bonds is 28. The molecule has 1 amide bonds. The van der Waals surface area contributed by atoms with Crippen molar-refractivity contribution in [2.45, 2.75) is 19.8 Å². The van der Waals surface area contributed by atoms with Gasteiger partial charge >= 0.3 is 5.97 Å². The Labute approximate surface area is 202 Å². The van der Waals surface area contributed by atoms with Gasteiger partial charge in [0.25, 0.3) is 0 Å². The van der Waals surface area contributed by atoms with Crippen molar-refractivity contribution in [3.63, 3.8) is 0 Å². The van der Waals surface area contributed by atoms with Gasteiger partial charge < -0.3 is 48.3 Å². The molecule has 0 saturated heterocycles. The minimum absolute atomic E-state index is 0.292. The number of carboxylic acids is 1. The van der Waals surface area contributed by atoms with Crippen molar-refractivity contribution >= 4 is 11.9 Å². The summed E-state index contributed by atoms with van der Waals surface area (Å²) in [5.74, 6) is -1.51. The lowest BCUT2D eigenvalue weighted by molar-refractivity contribution is -0.143. The quantitative estimate of drug-likeness (QED) is 0.142. The van der Waals surface area contributed by atoms with Gasteiger partial charge in [-0.05, 0) is 6.42 Å². The van der Waals surface area contributed by atoms with E-state index in [2.05, 4.69) is 17.0 Å². The predicted molar refractivity (Wildman–Crippen MR) is 122 cm³/mol. The molecule has 0 aliphatic heterocycles. The van der Waals surface area contributed by atoms with Crippen LogP contribution in [-0.2, 0) is 47.5 Å². The lowest BCUT2D eigenvalue weighted by Crippen LogP contribution is -2.31. The Morgan fingerprint density at radius 2 is 0.941 bits per heavy atom. The molecular formula is C22H43NO11. The maximum absolute atomic E-state index is 11.3. The van der Waals surface area contributed by atoms with E-state index < -0.39 is 12.6 Å². The minimum Gasteiger partial charge on any atom is -0.480 e. The maximum Gasteiger partial charge on any atom is 0.329 e. The molecule has 0 rings (SSSR count). The van der Waals surface area contributed by atoms with Crippen LogP contribution in [0.2, 0.25) is 0 Å². The van der Waals surface area contributed by atoms with E-state index in [1.807, 2.05) is 0 Å². The standard InChI is InChI=1S/C22H43NO11/c1-2-3-5-27-7-9-29-11-13-31-15-17-33-18-16-32-14-12-30-10-8-28-6-4-23-21(24)19-34-20-22(25)26/h2-20H2,1H3,(H,23,24)(H,25,26). The van der Waals surface area contributed by atoms with Crippen molar-refractivity contribution in [3.8, 4) is 0 Å². The van der Waals surface area contributed by atoms with E-state index in [4.69, 9.17) is 38.3 Å². The Balaban J connectivity index is 3.09. The molecule has 0 aromatic carbocycles. The van der Waals surface area contributed by atoms with Crippen LogP contribution < -0.4 is 5.32 Å². The van der Waals surface area contributed by atoms with E-state index in [9.17, 15) is 9.59 Å². The van der Waals surface area contributed by atoms with Crippen LogP contribution in [0.1, 0.15) is 19.8 Å². The number of carboxylic acid groups (broad SMARTS) is 1. The van der Waals surface area contributed by atoms with Crippen molar-refractivity contribution < 1.29 is 52.6 Å². The number of carbonyl (C=O) groups excluding carboxylic acids is 1. The summed E-state index contributed by atoms with van der Waals surface area (Å²) in [5.41, 5.74) is 0. The van der Waals surface area contributed by atoms with Crippen LogP contribution in [0.25, 0.3) is 0 Å². The summed E-state index contributed by atoms with van der Waals surface area (Å²) < 4.78 is 42.3. The molecule has 0 aliphatic rings. The monoisotopic (exact) mass is 497 g/mol. The Kier molecular flexibility index (Phi) is 26.7. The van der Waals surface area contributed by atoms with Gasteiger partial charge in [0, 0.05) is 13.2 Å². The molecule has 12 nitrogen and oxygen atoms in total. The summed E-state index contributed by atoms with van der Waals surface area (Å²) in [7, 11) is 0. The van der Waals surface area contributed by atoms with Crippen molar-refractivity contribution in [2.24, 2.45) is 0 Å². The highest BCUT2D eigenvalue weighted by Crippen LogP contribution is 1.88. The first-order chi connectivity index (χ1) is 16.7. The average molecular weight is 498 g/mol. The molecule has 0 fully saturated rings. The third-order valence-corrected chi connectivity index (χ3v) is 3.90. The van der Waals surface area contributed by atoms with Gasteiger partial charge in [0.1, 0.15) is 13.2 Å². The number of nitrogens with one attached hydrogen (secondary N) is 1. The van der Waals surface area contributed by atoms with Gasteiger partial charge in [0.05, 0.1) is 85.9 Å². The fourth-order valence-corrected chi connectivity index (χ4v) is 2.21. The van der Waals surface area contributed by atoms with Crippen LogP contribution in [0.5, 0.6) is 0 Å². The third-order valence-electron chi connectivity index (χ3n) is 3.90. The zero-order valence-electron chi connectivity index (χ0n) is 20.5. The first-order valence-electron chi connectivity index (χ1n) is 11.8. The second-order valence-corrected chi connectivity index (χ2v) is 6.88. The number of ether oxygens (including phenoxy) is 8. The zero-order chi connectivity index (χ0) is 25.0. The van der Waals surface area contributed by atoms with Crippen LogP contribution in [0.4, 0.5) is 0 Å². The lowest BCUT2D eigenvalue weighted by atomic mass is 10.4. The van der Waals surface area contributed by atoms with Gasteiger partial charge in [-0.3, -0.25) is 4.79 Å². The van der Waals surface area contributed by atoms with Crippen LogP contribution in [-0.4, -0.2) is 129 Å². The topological polar surface area (TPSA) is 140 Å². The smallest absolute Gasteiger partial charge is 0.329 e. The average Bonchev–Trinajstić information content (AvgIpc) is 2.81. The second kappa shape index (κ2) is 27.9. The largest absolute Gasteiger partial charge is 0.480 e. The number of unbranched alkanes of at least 4 members (excludes halogenated alkanes) is 1. The zero-order valence-corrected chi connectivity index (χ0v) is 20.5. The van der Waals surface area contributed by atoms with Crippen molar-refractivity contribution in [1.82, 2.24) is 5.32 Å². The molecule has 0 bridgehead atoms. The van der Waals surface area contributed by atoms with E-state index in [1.54, 1.807) is 0 Å². The normalized spacial score (nSPS) is 11.1. The second-order valence-electron chi connectivity index (χ2n) is 6.88. The van der Waals surface area contributed by atoms with E-state index in [1.165, 1.54) is 0 Å². The van der Waals surface area contributed by atoms with Crippen molar-refractivity contribution in [1.29, 1.82) is 0 Å². The SMILES string of the molecule is CCCCOCCOCCOCCOCCOCCOCCOCCNC(=O)COCC(=O)O. The Morgan fingerprint density at radius 3 is 1.32 bits per heavy atom. The summed E-state index contributed by atoms with van der Waals surface area (Å²) in [5, 5.41) is 10.9. The highest BCUT2D eigenvalue weighted by molar-refractivity contribution is 5.77. The fourth-order valence-electron chi connectivity index (χ4n) is 2.21. The third kappa shape index (κ3) is 28.7. The number of amides is 1. The molecule has 34 heavy (non-hydrogen) atoms. The van der Waals surface area contributed by atoms with E-state index in [0.717, 1.165) is 19.4 Å². The van der Waals surface area contributed by atoms with Crippen LogP contribution in [0.3, 0.4) is 0 Å². The molecule has 0 saturated carbocycles. The molecule has 0 heterocycles. The fraction of sp³-hybridized carbons (Fsp3) is 0.909. The van der Waals surface area contributed by atoms with Gasteiger partial charge in [-0.2, -0.15) is 0 Å². The van der Waals surface area contributed by atoms with E-state index in [-0.39, 0.29) is 12.5 Å². The van der Waals surface area contributed by atoms with Gasteiger partial charge in [0.2, 0.25) is 5.91 Å². The summed E-state index contributed by atoms with van der Waals surface area (Å²) in [6.45, 7) is 8.80. The maximum atomic E-state index is 11.3. The Hall–Kier alpha value is -1.38. The highest BCUT2D eigenvalue weighted by Gasteiger charge is 2.03. The van der Waals surface area contributed by atoms with Crippen molar-refractivity contribution in [2.75, 3.05) is 112 Å². The van der Waals surface area contributed by atoms with Crippen LogP contribution in [0.15, 0.2) is 0 Å². The summed E-state index contributed by atoms with van der Waals surface area (Å²) >= 11 is 0. The molecule has 2 N–H and O–H groups in total. The van der Waals surface area contributed by atoms with E-state index in [0.29, 0.717) is 92.4 Å². The number of aliphatic carboxylic acids is 1. The van der Waals surface area contributed by atoms with Gasteiger partial charge in [0.15, 0.2) is 0 Å². The van der Waals surface area contributed by atoms with Gasteiger partial charge in [-0.1, -0.05) is 13.3 Å². The first kappa shape index (κ1) is 32.6.